The Morgan fingerprint density at radius 3 is 2.70 bits per heavy atom. The fourth-order valence-electron chi connectivity index (χ4n) is 2.32. The molecule has 4 heteroatoms. The minimum absolute atomic E-state index is 0.0719. The number of hydrogen-bond acceptors (Lipinski definition) is 3. The Bertz CT molecular complexity index is 775. The summed E-state index contributed by atoms with van der Waals surface area (Å²) in [7, 11) is 0. The second-order valence-electron chi connectivity index (χ2n) is 5.23. The van der Waals surface area contributed by atoms with E-state index in [2.05, 4.69) is 22.4 Å². The molecule has 3 nitrogen and oxygen atoms in total. The number of nitrogens with zero attached hydrogens (tertiary/aromatic N) is 1. The number of hydrogen-bond donors (Lipinski definition) is 1. The topological polar surface area (TPSA) is 42.0 Å². The van der Waals surface area contributed by atoms with Gasteiger partial charge in [-0.2, -0.15) is 0 Å². The third-order valence-corrected chi connectivity index (χ3v) is 4.47. The van der Waals surface area contributed by atoms with Gasteiger partial charge in [0.05, 0.1) is 10.2 Å². The van der Waals surface area contributed by atoms with Gasteiger partial charge in [0.15, 0.2) is 0 Å². The highest BCUT2D eigenvalue weighted by molar-refractivity contribution is 7.19. The molecule has 1 aromatic heterocycles. The van der Waals surface area contributed by atoms with Crippen molar-refractivity contribution in [1.29, 1.82) is 0 Å². The van der Waals surface area contributed by atoms with Crippen LogP contribution in [0.1, 0.15) is 17.0 Å². The van der Waals surface area contributed by atoms with Crippen LogP contribution in [0.3, 0.4) is 0 Å². The number of nitrogens with one attached hydrogen (secondary N) is 1. The molecule has 0 unspecified atom stereocenters. The summed E-state index contributed by atoms with van der Waals surface area (Å²) in [6, 6.07) is 18.3. The van der Waals surface area contributed by atoms with Gasteiger partial charge in [-0.15, -0.1) is 11.3 Å². The Hall–Kier alpha value is -2.46. The van der Waals surface area contributed by atoms with Crippen molar-refractivity contribution in [2.24, 2.45) is 0 Å². The number of benzene rings is 2. The van der Waals surface area contributed by atoms with Crippen LogP contribution in [0.25, 0.3) is 16.3 Å². The predicted molar refractivity (Wildman–Crippen MR) is 96.4 cm³/mol. The summed E-state index contributed by atoms with van der Waals surface area (Å²) in [4.78, 5) is 16.3. The molecule has 0 aliphatic heterocycles. The third kappa shape index (κ3) is 4.50. The number of aromatic nitrogens is 1. The van der Waals surface area contributed by atoms with E-state index < -0.39 is 0 Å². The first-order chi connectivity index (χ1) is 11.3. The minimum atomic E-state index is -0.0719. The first kappa shape index (κ1) is 15.4. The maximum absolute atomic E-state index is 11.8. The molecule has 1 N–H and O–H groups in total. The molecule has 1 heterocycles. The van der Waals surface area contributed by atoms with E-state index >= 15 is 0 Å². The Labute approximate surface area is 139 Å². The number of thiazole rings is 1. The highest BCUT2D eigenvalue weighted by atomic mass is 32.1. The van der Waals surface area contributed by atoms with E-state index in [0.29, 0.717) is 6.54 Å². The molecule has 116 valence electrons. The zero-order valence-corrected chi connectivity index (χ0v) is 13.6. The van der Waals surface area contributed by atoms with Crippen LogP contribution in [0.4, 0.5) is 0 Å². The summed E-state index contributed by atoms with van der Waals surface area (Å²) in [6.45, 7) is 0.678. The summed E-state index contributed by atoms with van der Waals surface area (Å²) in [5.41, 5.74) is 2.27. The van der Waals surface area contributed by atoms with Crippen molar-refractivity contribution in [3.05, 3.63) is 71.2 Å². The van der Waals surface area contributed by atoms with Gasteiger partial charge in [-0.3, -0.25) is 4.79 Å². The molecule has 0 aliphatic rings. The third-order valence-electron chi connectivity index (χ3n) is 3.47. The highest BCUT2D eigenvalue weighted by Crippen LogP contribution is 2.22. The molecule has 2 aromatic carbocycles. The van der Waals surface area contributed by atoms with Gasteiger partial charge in [0.2, 0.25) is 5.91 Å². The van der Waals surface area contributed by atoms with Crippen LogP contribution < -0.4 is 5.32 Å². The van der Waals surface area contributed by atoms with Gasteiger partial charge in [0, 0.05) is 12.6 Å². The summed E-state index contributed by atoms with van der Waals surface area (Å²) in [6.07, 6.45) is 5.24. The van der Waals surface area contributed by atoms with Crippen LogP contribution in [0.5, 0.6) is 0 Å². The van der Waals surface area contributed by atoms with E-state index in [0.717, 1.165) is 28.1 Å². The standard InChI is InChI=1S/C19H18N2OS/c22-18(20-14-6-9-15-7-2-1-3-8-15)12-13-19-21-16-10-4-5-11-17(16)23-19/h1-5,7-8,10-13H,6,9,14H2,(H,20,22). The fraction of sp³-hybridized carbons (Fsp3) is 0.158. The van der Waals surface area contributed by atoms with Crippen LogP contribution in [0, 0.1) is 0 Å². The second kappa shape index (κ2) is 7.70. The smallest absolute Gasteiger partial charge is 0.244 e. The number of rotatable bonds is 6. The summed E-state index contributed by atoms with van der Waals surface area (Å²) in [5.74, 6) is -0.0719. The van der Waals surface area contributed by atoms with Crippen LogP contribution in [-0.2, 0) is 11.2 Å². The lowest BCUT2D eigenvalue weighted by Gasteiger charge is -2.02. The number of amides is 1. The van der Waals surface area contributed by atoms with Crippen molar-refractivity contribution in [3.8, 4) is 0 Å². The lowest BCUT2D eigenvalue weighted by Crippen LogP contribution is -2.22. The summed E-state index contributed by atoms with van der Waals surface area (Å²) < 4.78 is 1.13. The first-order valence-corrected chi connectivity index (χ1v) is 8.48. The maximum atomic E-state index is 11.8. The van der Waals surface area contributed by atoms with Crippen molar-refractivity contribution in [3.63, 3.8) is 0 Å². The Morgan fingerprint density at radius 1 is 1.09 bits per heavy atom. The van der Waals surface area contributed by atoms with Gasteiger partial charge in [-0.05, 0) is 36.6 Å². The van der Waals surface area contributed by atoms with Crippen molar-refractivity contribution in [1.82, 2.24) is 10.3 Å². The quantitative estimate of drug-likeness (QED) is 0.549. The minimum Gasteiger partial charge on any atom is -0.353 e. The largest absolute Gasteiger partial charge is 0.353 e. The lowest BCUT2D eigenvalue weighted by atomic mass is 10.1. The van der Waals surface area contributed by atoms with Crippen LogP contribution in [0.15, 0.2) is 60.7 Å². The van der Waals surface area contributed by atoms with Crippen LogP contribution in [-0.4, -0.2) is 17.4 Å². The van der Waals surface area contributed by atoms with Crippen LogP contribution >= 0.6 is 11.3 Å². The van der Waals surface area contributed by atoms with Gasteiger partial charge < -0.3 is 5.32 Å². The summed E-state index contributed by atoms with van der Waals surface area (Å²) >= 11 is 1.59. The molecule has 3 rings (SSSR count). The van der Waals surface area contributed by atoms with E-state index in [9.17, 15) is 4.79 Å². The van der Waals surface area contributed by atoms with Crippen molar-refractivity contribution >= 4 is 33.5 Å². The molecule has 1 amide bonds. The molecule has 0 saturated heterocycles. The number of carbonyl (C=O) groups excluding carboxylic acids is 1. The molecular formula is C19H18N2OS. The average Bonchev–Trinajstić information content (AvgIpc) is 3.01. The highest BCUT2D eigenvalue weighted by Gasteiger charge is 2.01. The maximum Gasteiger partial charge on any atom is 0.244 e. The molecule has 0 aliphatic carbocycles. The van der Waals surface area contributed by atoms with E-state index in [1.54, 1.807) is 23.5 Å². The van der Waals surface area contributed by atoms with E-state index in [-0.39, 0.29) is 5.91 Å². The normalized spacial score (nSPS) is 11.1. The first-order valence-electron chi connectivity index (χ1n) is 7.67. The Morgan fingerprint density at radius 2 is 1.87 bits per heavy atom. The molecule has 0 saturated carbocycles. The van der Waals surface area contributed by atoms with E-state index in [1.165, 1.54) is 5.56 Å². The SMILES string of the molecule is O=C(C=Cc1nc2ccccc2s1)NCCCc1ccccc1. The molecule has 3 aromatic rings. The fourth-order valence-corrected chi connectivity index (χ4v) is 3.19. The van der Waals surface area contributed by atoms with Crippen LogP contribution in [0.2, 0.25) is 0 Å². The van der Waals surface area contributed by atoms with Gasteiger partial charge in [0.25, 0.3) is 0 Å². The van der Waals surface area contributed by atoms with E-state index in [1.807, 2.05) is 42.5 Å². The van der Waals surface area contributed by atoms with Gasteiger partial charge in [-0.25, -0.2) is 4.98 Å². The zero-order valence-electron chi connectivity index (χ0n) is 12.7. The molecule has 23 heavy (non-hydrogen) atoms. The van der Waals surface area contributed by atoms with Gasteiger partial charge in [0.1, 0.15) is 5.01 Å². The number of aryl methyl sites for hydroxylation is 1. The van der Waals surface area contributed by atoms with Crippen molar-refractivity contribution in [2.45, 2.75) is 12.8 Å². The molecular weight excluding hydrogens is 304 g/mol. The monoisotopic (exact) mass is 322 g/mol. The second-order valence-corrected chi connectivity index (χ2v) is 6.30. The predicted octanol–water partition coefficient (Wildman–Crippen LogP) is 4.06. The number of carbonyl (C=O) groups is 1. The molecule has 0 bridgehead atoms. The van der Waals surface area contributed by atoms with E-state index in [4.69, 9.17) is 0 Å². The molecule has 0 fully saturated rings. The molecule has 0 radical (unpaired) electrons. The van der Waals surface area contributed by atoms with Crippen molar-refractivity contribution < 1.29 is 4.79 Å². The Balaban J connectivity index is 1.45. The number of fused-ring (bicyclic) bond motifs is 1. The zero-order chi connectivity index (χ0) is 15.9. The van der Waals surface area contributed by atoms with Gasteiger partial charge in [-0.1, -0.05) is 42.5 Å². The van der Waals surface area contributed by atoms with Crippen molar-refractivity contribution in [2.75, 3.05) is 6.54 Å². The molecule has 0 atom stereocenters. The Kier molecular flexibility index (Phi) is 5.17. The van der Waals surface area contributed by atoms with Gasteiger partial charge >= 0.3 is 0 Å². The summed E-state index contributed by atoms with van der Waals surface area (Å²) in [5, 5.41) is 3.76. The molecule has 0 spiro atoms. The average molecular weight is 322 g/mol. The lowest BCUT2D eigenvalue weighted by molar-refractivity contribution is -0.116. The number of para-hydroxylation sites is 1.